The SMILES string of the molecule is CC(=O)O[C@H]1[C@H](OC(C)=O)[C@H](C(=O)NC[C@H]2O[C@@H](C(=O)NC[C@H]3O[C@@H](C(=O)OC(C)C)[C@@H](OC(C)=O)[C@@H]3OC(C)=O)[C@@H](OC(C)=O)[C@@H]2OC(C)=O)O[C@@H]1CNC(=O)[C@@H]1O[C@H](CNC(=O)[C@@H]2O[C@H](CNC(=O)[C@@H]3OC[C@@H](OC(C)=O)[C@@H]3OC(C)=O)[C@@H](OC(C)=O)[C@@H]2OC(C)=O)[C@@H](OC(C)=O)[C@@H]1OC(C)=O. The van der Waals surface area contributed by atoms with Gasteiger partial charge in [0.2, 0.25) is 0 Å². The molecule has 6 fully saturated rings. The summed E-state index contributed by atoms with van der Waals surface area (Å²) in [7, 11) is 0. The Balaban J connectivity index is 1.18. The number of hydrogen-bond donors (Lipinski definition) is 5. The molecule has 578 valence electrons. The summed E-state index contributed by atoms with van der Waals surface area (Å²) < 4.78 is 105. The lowest BCUT2D eigenvalue weighted by Gasteiger charge is -2.25. The predicted octanol–water partition coefficient (Wildman–Crippen LogP) is -6.06. The molecule has 0 aromatic carbocycles. The lowest BCUT2D eigenvalue weighted by atomic mass is 10.0. The van der Waals surface area contributed by atoms with Gasteiger partial charge in [-0.05, 0) is 13.8 Å². The fourth-order valence-corrected chi connectivity index (χ4v) is 12.0. The summed E-state index contributed by atoms with van der Waals surface area (Å²) in [6, 6.07) is 0. The second-order valence-electron chi connectivity index (χ2n) is 24.4. The molecule has 104 heavy (non-hydrogen) atoms. The standard InChI is InChI=1S/C62H83N5O37/c1-21(2)87-62(85)56-50(99-33(14)79)44(93-27(8)73)38(104-56)19-67-61(84)55-49(98-32(13)78)43(92-26(7)72)37(103-55)18-66-60(83)54-48(97-31(12)77)42(91-25(6)71)36(102-54)17-65-59(82)53-47(96-30(11)76)41(90-24(5)70)35(101-53)16-64-58(81)52-46(95-29(10)75)40(89-23(4)69)34(100-52)15-63-57(80)51-45(94-28(9)74)39(20-86-51)88-22(3)68/h21,34-56H,15-20H2,1-14H3,(H,63,80)(H,64,81)(H,65,82)(H,66,83)(H,67,84)/t34-,35-,36-,37-,38-,39-,40-,41-,42-,43-,44-,45+,46+,47+,48+,49+,50+,51-,52-,53-,54-,55-,56-/m1/s1. The summed E-state index contributed by atoms with van der Waals surface area (Å²) in [5.41, 5.74) is 0. The van der Waals surface area contributed by atoms with E-state index in [1.165, 1.54) is 13.8 Å². The van der Waals surface area contributed by atoms with Crippen molar-refractivity contribution < 1.29 is 176 Å². The molecular formula is C62H83N5O37. The molecule has 0 aromatic heterocycles. The number of hydrogen-bond acceptors (Lipinski definition) is 37. The maximum atomic E-state index is 14.4. The monoisotopic (exact) mass is 1490 g/mol. The number of carbonyl (C=O) groups excluding carboxylic acids is 18. The van der Waals surface area contributed by atoms with Crippen LogP contribution in [0.2, 0.25) is 0 Å². The topological polar surface area (TPSA) is 543 Å². The highest BCUT2D eigenvalue weighted by Crippen LogP contribution is 2.35. The molecule has 0 aliphatic carbocycles. The van der Waals surface area contributed by atoms with Crippen LogP contribution < -0.4 is 26.6 Å². The van der Waals surface area contributed by atoms with Crippen LogP contribution in [0.25, 0.3) is 0 Å². The second-order valence-corrected chi connectivity index (χ2v) is 24.4. The van der Waals surface area contributed by atoms with E-state index >= 15 is 0 Å². The van der Waals surface area contributed by atoms with Gasteiger partial charge in [0.1, 0.15) is 30.5 Å². The number of carbonyl (C=O) groups is 18. The van der Waals surface area contributed by atoms with Crippen LogP contribution in [0.3, 0.4) is 0 Å². The molecule has 5 N–H and O–H groups in total. The molecule has 42 nitrogen and oxygen atoms in total. The highest BCUT2D eigenvalue weighted by atomic mass is 16.7. The van der Waals surface area contributed by atoms with E-state index in [2.05, 4.69) is 26.6 Å². The van der Waals surface area contributed by atoms with E-state index in [0.29, 0.717) is 0 Å². The molecule has 23 atom stereocenters. The van der Waals surface area contributed by atoms with Gasteiger partial charge in [-0.2, -0.15) is 0 Å². The molecule has 6 aliphatic rings. The zero-order valence-corrected chi connectivity index (χ0v) is 58.7. The predicted molar refractivity (Wildman–Crippen MR) is 326 cm³/mol. The fourth-order valence-electron chi connectivity index (χ4n) is 12.0. The van der Waals surface area contributed by atoms with Crippen LogP contribution in [-0.4, -0.2) is 293 Å². The Kier molecular flexibility index (Phi) is 29.7. The fraction of sp³-hybridized carbons (Fsp3) is 0.710. The van der Waals surface area contributed by atoms with E-state index in [1.807, 2.05) is 0 Å². The minimum atomic E-state index is -1.97. The maximum absolute atomic E-state index is 14.4. The van der Waals surface area contributed by atoms with Crippen LogP contribution in [0.5, 0.6) is 0 Å². The lowest BCUT2D eigenvalue weighted by molar-refractivity contribution is -0.172. The van der Waals surface area contributed by atoms with E-state index < -0.39 is 286 Å². The number of rotatable bonds is 29. The summed E-state index contributed by atoms with van der Waals surface area (Å²) >= 11 is 0. The van der Waals surface area contributed by atoms with E-state index in [4.69, 9.17) is 90.0 Å². The van der Waals surface area contributed by atoms with Gasteiger partial charge in [0.05, 0.1) is 12.7 Å². The van der Waals surface area contributed by atoms with Gasteiger partial charge in [-0.3, -0.25) is 81.5 Å². The molecule has 6 rings (SSSR count). The van der Waals surface area contributed by atoms with Gasteiger partial charge in [-0.15, -0.1) is 0 Å². The van der Waals surface area contributed by atoms with Crippen molar-refractivity contribution in [1.82, 2.24) is 26.6 Å². The molecule has 42 heteroatoms. The summed E-state index contributed by atoms with van der Waals surface area (Å²) in [5, 5.41) is 12.2. The maximum Gasteiger partial charge on any atom is 0.339 e. The van der Waals surface area contributed by atoms with E-state index in [0.717, 1.165) is 83.1 Å². The Morgan fingerprint density at radius 1 is 0.269 bits per heavy atom. The van der Waals surface area contributed by atoms with Gasteiger partial charge in [-0.25, -0.2) is 4.79 Å². The normalized spacial score (nSPS) is 31.6. The summed E-state index contributed by atoms with van der Waals surface area (Å²) in [6.07, 6.45) is -39.0. The van der Waals surface area contributed by atoms with Gasteiger partial charge in [-0.1, -0.05) is 0 Å². The van der Waals surface area contributed by atoms with Crippen LogP contribution in [0, 0.1) is 0 Å². The second kappa shape index (κ2) is 37.1. The van der Waals surface area contributed by atoms with E-state index in [9.17, 15) is 86.3 Å². The smallest absolute Gasteiger partial charge is 0.339 e. The molecule has 0 spiro atoms. The van der Waals surface area contributed by atoms with Crippen LogP contribution in [-0.2, 0) is 176 Å². The minimum Gasteiger partial charge on any atom is -0.461 e. The van der Waals surface area contributed by atoms with Gasteiger partial charge in [0.25, 0.3) is 29.5 Å². The highest BCUT2D eigenvalue weighted by molar-refractivity contribution is 5.87. The molecule has 6 aliphatic heterocycles. The van der Waals surface area contributed by atoms with Crippen molar-refractivity contribution in [3.63, 3.8) is 0 Å². The first-order valence-corrected chi connectivity index (χ1v) is 32.3. The molecule has 6 saturated heterocycles. The third kappa shape index (κ3) is 22.6. The van der Waals surface area contributed by atoms with E-state index in [-0.39, 0.29) is 6.61 Å². The molecule has 5 amide bonds. The Labute approximate surface area is 591 Å². The molecule has 0 radical (unpaired) electrons. The van der Waals surface area contributed by atoms with Gasteiger partial charge >= 0.3 is 77.6 Å². The molecule has 6 heterocycles. The van der Waals surface area contributed by atoms with Crippen LogP contribution >= 0.6 is 0 Å². The van der Waals surface area contributed by atoms with Crippen molar-refractivity contribution in [2.75, 3.05) is 39.3 Å². The Morgan fingerprint density at radius 3 is 0.683 bits per heavy atom. The number of ether oxygens (including phenoxy) is 19. The molecule has 0 saturated carbocycles. The highest BCUT2D eigenvalue weighted by Gasteiger charge is 2.59. The average molecular weight is 1490 g/mol. The van der Waals surface area contributed by atoms with Gasteiger partial charge in [0.15, 0.2) is 110 Å². The number of esters is 13. The third-order valence-corrected chi connectivity index (χ3v) is 15.6. The minimum absolute atomic E-state index is 0.363. The van der Waals surface area contributed by atoms with Crippen molar-refractivity contribution in [2.45, 2.75) is 243 Å². The summed E-state index contributed by atoms with van der Waals surface area (Å²) in [5.74, 6) is -18.2. The quantitative estimate of drug-likeness (QED) is 0.0344. The van der Waals surface area contributed by atoms with Gasteiger partial charge in [0, 0.05) is 116 Å². The van der Waals surface area contributed by atoms with Crippen LogP contribution in [0.15, 0.2) is 0 Å². The van der Waals surface area contributed by atoms with Crippen molar-refractivity contribution in [3.05, 3.63) is 0 Å². The van der Waals surface area contributed by atoms with Crippen molar-refractivity contribution in [1.29, 1.82) is 0 Å². The Hall–Kier alpha value is -9.78. The molecular weight excluding hydrogens is 1410 g/mol. The molecule has 0 bridgehead atoms. The third-order valence-electron chi connectivity index (χ3n) is 15.6. The van der Waals surface area contributed by atoms with Crippen molar-refractivity contribution in [3.8, 4) is 0 Å². The Morgan fingerprint density at radius 2 is 0.462 bits per heavy atom. The number of nitrogens with one attached hydrogen (secondary N) is 5. The molecule has 0 unspecified atom stereocenters. The zero-order chi connectivity index (χ0) is 77.5. The number of amides is 5. The summed E-state index contributed by atoms with van der Waals surface area (Å²) in [6.45, 7) is 10.9. The van der Waals surface area contributed by atoms with Crippen molar-refractivity contribution >= 4 is 107 Å². The first-order valence-electron chi connectivity index (χ1n) is 32.3. The van der Waals surface area contributed by atoms with E-state index in [1.54, 1.807) is 0 Å². The first-order chi connectivity index (χ1) is 48.7. The lowest BCUT2D eigenvalue weighted by Crippen LogP contribution is -2.50. The average Bonchev–Trinajstić information content (AvgIpc) is 1.66. The van der Waals surface area contributed by atoms with Crippen LogP contribution in [0.4, 0.5) is 0 Å². The van der Waals surface area contributed by atoms with Crippen molar-refractivity contribution in [2.24, 2.45) is 0 Å². The largest absolute Gasteiger partial charge is 0.461 e. The van der Waals surface area contributed by atoms with Crippen LogP contribution in [0.1, 0.15) is 96.9 Å². The molecule has 0 aromatic rings. The van der Waals surface area contributed by atoms with Gasteiger partial charge < -0.3 is 117 Å². The first kappa shape index (κ1) is 83.2. The zero-order valence-electron chi connectivity index (χ0n) is 58.7. The summed E-state index contributed by atoms with van der Waals surface area (Å²) in [4.78, 5) is 233. The Bertz CT molecular complexity index is 3290.